The van der Waals surface area contributed by atoms with E-state index in [1.54, 1.807) is 0 Å². The van der Waals surface area contributed by atoms with Crippen LogP contribution >= 0.6 is 58.0 Å². The predicted octanol–water partition coefficient (Wildman–Crippen LogP) is 7.73. The lowest BCUT2D eigenvalue weighted by Crippen LogP contribution is -2.27. The number of nitrogens with one attached hydrogen (secondary N) is 1. The zero-order valence-electron chi connectivity index (χ0n) is 17.8. The summed E-state index contributed by atoms with van der Waals surface area (Å²) in [7, 11) is 1.42. The molecule has 0 spiro atoms. The fourth-order valence-electron chi connectivity index (χ4n) is 3.77. The molecule has 1 fully saturated rings. The number of hydrogen-bond donors (Lipinski definition) is 1. The summed E-state index contributed by atoms with van der Waals surface area (Å²) >= 11 is 30.9. The zero-order chi connectivity index (χ0) is 25.7. The molecule has 4 nitrogen and oxygen atoms in total. The standard InChI is InChI=1S/C24H15Cl5F2N2O2/c1-33(14-5-2-12(30)3-6-14)23(35)15-10-13(4-7-18(15)31)32-22(34)20-19(24(20,28)29)11-8-16(25)21(27)17(26)9-11/h2-10,19-20H,1H3,(H,32,34)/t19-,20+/m1/s1. The highest BCUT2D eigenvalue weighted by Crippen LogP contribution is 2.65. The molecule has 1 N–H and O–H groups in total. The third-order valence-electron chi connectivity index (χ3n) is 5.68. The highest BCUT2D eigenvalue weighted by atomic mass is 35.5. The fourth-order valence-corrected chi connectivity index (χ4v) is 5.21. The molecular formula is C24H15Cl5F2N2O2. The van der Waals surface area contributed by atoms with E-state index in [1.807, 2.05) is 0 Å². The SMILES string of the molecule is CN(C(=O)c1cc(NC(=O)[C@@H]2[C@@H](c3cc(Cl)c(Cl)c(Cl)c3)C2(Cl)Cl)ccc1F)c1ccc(F)cc1. The van der Waals surface area contributed by atoms with Crippen molar-refractivity contribution in [3.8, 4) is 0 Å². The van der Waals surface area contributed by atoms with Gasteiger partial charge in [0.2, 0.25) is 5.91 Å². The molecule has 182 valence electrons. The molecule has 2 amide bonds. The Kier molecular flexibility index (Phi) is 7.24. The van der Waals surface area contributed by atoms with Gasteiger partial charge in [0.15, 0.2) is 0 Å². The molecule has 4 rings (SSSR count). The van der Waals surface area contributed by atoms with Crippen molar-refractivity contribution < 1.29 is 18.4 Å². The maximum Gasteiger partial charge on any atom is 0.261 e. The first kappa shape index (κ1) is 26.0. The minimum atomic E-state index is -1.44. The Hall–Kier alpha value is -2.09. The molecule has 3 aromatic rings. The largest absolute Gasteiger partial charge is 0.326 e. The minimum absolute atomic E-state index is 0.161. The van der Waals surface area contributed by atoms with Gasteiger partial charge in [0.1, 0.15) is 16.0 Å². The first-order valence-electron chi connectivity index (χ1n) is 10.1. The highest BCUT2D eigenvalue weighted by Gasteiger charge is 2.67. The van der Waals surface area contributed by atoms with E-state index in [0.717, 1.165) is 11.0 Å². The maximum atomic E-state index is 14.5. The van der Waals surface area contributed by atoms with E-state index >= 15 is 0 Å². The molecule has 0 unspecified atom stereocenters. The number of rotatable bonds is 5. The molecule has 35 heavy (non-hydrogen) atoms. The lowest BCUT2D eigenvalue weighted by Gasteiger charge is -2.18. The molecule has 3 aromatic carbocycles. The van der Waals surface area contributed by atoms with E-state index in [4.69, 9.17) is 58.0 Å². The van der Waals surface area contributed by atoms with Crippen molar-refractivity contribution >= 4 is 81.2 Å². The van der Waals surface area contributed by atoms with Crippen molar-refractivity contribution in [3.63, 3.8) is 0 Å². The summed E-state index contributed by atoms with van der Waals surface area (Å²) in [6, 6.07) is 11.8. The van der Waals surface area contributed by atoms with Gasteiger partial charge < -0.3 is 10.2 Å². The summed E-state index contributed by atoms with van der Waals surface area (Å²) in [5.41, 5.74) is 0.765. The first-order chi connectivity index (χ1) is 16.4. The van der Waals surface area contributed by atoms with E-state index in [9.17, 15) is 18.4 Å². The number of nitrogens with zero attached hydrogens (tertiary/aromatic N) is 1. The quantitative estimate of drug-likeness (QED) is 0.249. The summed E-state index contributed by atoms with van der Waals surface area (Å²) < 4.78 is 26.2. The monoisotopic (exact) mass is 576 g/mol. The van der Waals surface area contributed by atoms with E-state index in [2.05, 4.69) is 5.32 Å². The molecule has 0 aliphatic heterocycles. The van der Waals surface area contributed by atoms with Crippen molar-refractivity contribution in [3.05, 3.63) is 92.4 Å². The average Bonchev–Trinajstić information content (AvgIpc) is 3.40. The van der Waals surface area contributed by atoms with E-state index in [1.165, 1.54) is 55.6 Å². The van der Waals surface area contributed by atoms with Gasteiger partial charge in [0, 0.05) is 24.3 Å². The lowest BCUT2D eigenvalue weighted by molar-refractivity contribution is -0.117. The molecule has 1 aliphatic carbocycles. The van der Waals surface area contributed by atoms with Gasteiger partial charge in [0.05, 0.1) is 26.5 Å². The summed E-state index contributed by atoms with van der Waals surface area (Å²) in [6.45, 7) is 0. The molecule has 11 heteroatoms. The first-order valence-corrected chi connectivity index (χ1v) is 12.0. The fraction of sp³-hybridized carbons (Fsp3) is 0.167. The molecule has 0 heterocycles. The van der Waals surface area contributed by atoms with E-state index in [0.29, 0.717) is 11.3 Å². The van der Waals surface area contributed by atoms with Gasteiger partial charge in [-0.1, -0.05) is 34.8 Å². The smallest absolute Gasteiger partial charge is 0.261 e. The van der Waals surface area contributed by atoms with Crippen molar-refractivity contribution in [2.75, 3.05) is 17.3 Å². The number of hydrogen-bond acceptors (Lipinski definition) is 2. The third-order valence-corrected chi connectivity index (χ3v) is 7.82. The number of carbonyl (C=O) groups is 2. The minimum Gasteiger partial charge on any atom is -0.326 e. The van der Waals surface area contributed by atoms with Gasteiger partial charge in [-0.3, -0.25) is 9.59 Å². The van der Waals surface area contributed by atoms with Crippen LogP contribution in [0.15, 0.2) is 54.6 Å². The van der Waals surface area contributed by atoms with Crippen LogP contribution in [0, 0.1) is 17.6 Å². The van der Waals surface area contributed by atoms with Crippen LogP contribution in [0.3, 0.4) is 0 Å². The lowest BCUT2D eigenvalue weighted by atomic mass is 10.1. The Bertz CT molecular complexity index is 1310. The molecule has 1 saturated carbocycles. The Morgan fingerprint density at radius 3 is 2.14 bits per heavy atom. The van der Waals surface area contributed by atoms with Crippen LogP contribution in [-0.4, -0.2) is 23.2 Å². The van der Waals surface area contributed by atoms with Crippen molar-refractivity contribution in [2.45, 2.75) is 10.3 Å². The summed E-state index contributed by atoms with van der Waals surface area (Å²) in [5, 5.41) is 3.17. The van der Waals surface area contributed by atoms with Gasteiger partial charge >= 0.3 is 0 Å². The van der Waals surface area contributed by atoms with E-state index < -0.39 is 39.6 Å². The zero-order valence-corrected chi connectivity index (χ0v) is 21.5. The van der Waals surface area contributed by atoms with Gasteiger partial charge in [-0.15, -0.1) is 23.2 Å². The number of anilines is 2. The summed E-state index contributed by atoms with van der Waals surface area (Å²) in [4.78, 5) is 27.0. The Morgan fingerprint density at radius 2 is 1.54 bits per heavy atom. The second-order valence-electron chi connectivity index (χ2n) is 7.95. The highest BCUT2D eigenvalue weighted by molar-refractivity contribution is 6.54. The van der Waals surface area contributed by atoms with Gasteiger partial charge in [-0.2, -0.15) is 0 Å². The number of benzene rings is 3. The van der Waals surface area contributed by atoms with Crippen LogP contribution in [0.1, 0.15) is 21.8 Å². The Balaban J connectivity index is 1.54. The molecule has 0 saturated heterocycles. The van der Waals surface area contributed by atoms with Crippen LogP contribution in [0.5, 0.6) is 0 Å². The Labute approximate surface area is 224 Å². The summed E-state index contributed by atoms with van der Waals surface area (Å²) in [6.07, 6.45) is 0. The van der Waals surface area contributed by atoms with Crippen molar-refractivity contribution in [1.29, 1.82) is 0 Å². The van der Waals surface area contributed by atoms with Crippen LogP contribution < -0.4 is 10.2 Å². The maximum absolute atomic E-state index is 14.5. The number of halogens is 7. The van der Waals surface area contributed by atoms with Gasteiger partial charge in [-0.25, -0.2) is 8.78 Å². The number of amides is 2. The van der Waals surface area contributed by atoms with Gasteiger partial charge in [-0.05, 0) is 60.2 Å². The third kappa shape index (κ3) is 5.09. The normalized spacial score (nSPS) is 18.2. The van der Waals surface area contributed by atoms with Crippen molar-refractivity contribution in [1.82, 2.24) is 0 Å². The molecule has 0 aromatic heterocycles. The second kappa shape index (κ2) is 9.75. The molecular weight excluding hydrogens is 564 g/mol. The van der Waals surface area contributed by atoms with E-state index in [-0.39, 0.29) is 26.3 Å². The molecule has 0 bridgehead atoms. The Morgan fingerprint density at radius 1 is 0.943 bits per heavy atom. The van der Waals surface area contributed by atoms with Gasteiger partial charge in [0.25, 0.3) is 5.91 Å². The topological polar surface area (TPSA) is 49.4 Å². The second-order valence-corrected chi connectivity index (χ2v) is 10.6. The van der Waals surface area contributed by atoms with Crippen LogP contribution in [-0.2, 0) is 4.79 Å². The van der Waals surface area contributed by atoms with Crippen LogP contribution in [0.4, 0.5) is 20.2 Å². The predicted molar refractivity (Wildman–Crippen MR) is 136 cm³/mol. The van der Waals surface area contributed by atoms with Crippen molar-refractivity contribution in [2.24, 2.45) is 5.92 Å². The number of carbonyl (C=O) groups excluding carboxylic acids is 2. The molecule has 2 atom stereocenters. The molecule has 1 aliphatic rings. The molecule has 0 radical (unpaired) electrons. The van der Waals surface area contributed by atoms with Crippen LogP contribution in [0.25, 0.3) is 0 Å². The van der Waals surface area contributed by atoms with Crippen LogP contribution in [0.2, 0.25) is 15.1 Å². The average molecular weight is 579 g/mol. The summed E-state index contributed by atoms with van der Waals surface area (Å²) in [5.74, 6) is -3.99. The number of alkyl halides is 2.